The third-order valence-electron chi connectivity index (χ3n) is 11.7. The molecule has 0 spiro atoms. The van der Waals surface area contributed by atoms with Gasteiger partial charge < -0.3 is 25.2 Å². The molecule has 3 unspecified atom stereocenters. The lowest BCUT2D eigenvalue weighted by Crippen LogP contribution is -2.55. The Labute approximate surface area is 211 Å². The molecule has 0 bridgehead atoms. The highest BCUT2D eigenvalue weighted by Gasteiger charge is 2.63. The van der Waals surface area contributed by atoms with E-state index in [1.165, 1.54) is 0 Å². The van der Waals surface area contributed by atoms with Gasteiger partial charge in [-0.2, -0.15) is 0 Å². The maximum Gasteiger partial charge on any atom is 0.309 e. The van der Waals surface area contributed by atoms with Gasteiger partial charge in [-0.3, -0.25) is 4.79 Å². The van der Waals surface area contributed by atoms with Gasteiger partial charge in [0.05, 0.1) is 36.9 Å². The van der Waals surface area contributed by atoms with Crippen LogP contribution in [0.1, 0.15) is 86.5 Å². The Hall–Kier alpha value is -0.690. The number of hydrogen-bond donors (Lipinski definition) is 4. The Morgan fingerprint density at radius 2 is 1.63 bits per heavy atom. The van der Waals surface area contributed by atoms with Crippen LogP contribution in [0.15, 0.2) is 0 Å². The van der Waals surface area contributed by atoms with Gasteiger partial charge >= 0.3 is 5.97 Å². The minimum Gasteiger partial charge on any atom is -0.465 e. The molecule has 1 heterocycles. The second-order valence-electron chi connectivity index (χ2n) is 13.5. The Morgan fingerprint density at radius 1 is 0.971 bits per heavy atom. The molecule has 0 aromatic heterocycles. The van der Waals surface area contributed by atoms with E-state index in [0.29, 0.717) is 30.8 Å². The van der Waals surface area contributed by atoms with E-state index < -0.39 is 24.4 Å². The molecule has 1 aliphatic heterocycles. The first-order valence-electron chi connectivity index (χ1n) is 14.3. The number of carbonyl (C=O) groups excluding carboxylic acids is 1. The number of esters is 1. The van der Waals surface area contributed by atoms with Crippen LogP contribution in [0, 0.1) is 58.2 Å². The van der Waals surface area contributed by atoms with E-state index in [0.717, 1.165) is 32.1 Å². The Bertz CT molecular complexity index is 770. The van der Waals surface area contributed by atoms with E-state index in [4.69, 9.17) is 4.74 Å². The molecular formula is C29H50O6. The minimum atomic E-state index is -0.867. The van der Waals surface area contributed by atoms with Crippen LogP contribution in [0.4, 0.5) is 0 Å². The fraction of sp³-hybridized carbons (Fsp3) is 0.966. The molecule has 35 heavy (non-hydrogen) atoms. The highest BCUT2D eigenvalue weighted by molar-refractivity contribution is 5.74. The zero-order valence-electron chi connectivity index (χ0n) is 22.7. The number of carbonyl (C=O) groups is 1. The summed E-state index contributed by atoms with van der Waals surface area (Å²) in [7, 11) is 0. The molecular weight excluding hydrogens is 444 g/mol. The zero-order valence-corrected chi connectivity index (χ0v) is 22.7. The van der Waals surface area contributed by atoms with Crippen molar-refractivity contribution in [1.29, 1.82) is 0 Å². The average Bonchev–Trinajstić information content (AvgIpc) is 3.11. The molecule has 4 aliphatic rings. The van der Waals surface area contributed by atoms with Crippen LogP contribution in [-0.4, -0.2) is 57.4 Å². The molecule has 4 N–H and O–H groups in total. The molecule has 202 valence electrons. The highest BCUT2D eigenvalue weighted by Crippen LogP contribution is 2.66. The maximum absolute atomic E-state index is 13.0. The predicted molar refractivity (Wildman–Crippen MR) is 134 cm³/mol. The third-order valence-corrected chi connectivity index (χ3v) is 11.7. The quantitative estimate of drug-likeness (QED) is 0.419. The Kier molecular flexibility index (Phi) is 7.72. The summed E-state index contributed by atoms with van der Waals surface area (Å²) in [6.45, 7) is 13.4. The van der Waals surface area contributed by atoms with Crippen LogP contribution in [0.2, 0.25) is 0 Å². The molecule has 3 saturated carbocycles. The zero-order chi connectivity index (χ0) is 25.9. The fourth-order valence-electron chi connectivity index (χ4n) is 9.60. The van der Waals surface area contributed by atoms with Crippen LogP contribution >= 0.6 is 0 Å². The lowest BCUT2D eigenvalue weighted by Gasteiger charge is -2.56. The monoisotopic (exact) mass is 494 g/mol. The van der Waals surface area contributed by atoms with Crippen LogP contribution in [0.3, 0.4) is 0 Å². The molecule has 6 nitrogen and oxygen atoms in total. The summed E-state index contributed by atoms with van der Waals surface area (Å²) < 4.78 is 5.88. The molecule has 0 amide bonds. The average molecular weight is 495 g/mol. The van der Waals surface area contributed by atoms with Crippen molar-refractivity contribution in [1.82, 2.24) is 0 Å². The molecule has 0 aromatic rings. The highest BCUT2D eigenvalue weighted by atomic mass is 16.5. The van der Waals surface area contributed by atoms with Crippen molar-refractivity contribution in [2.24, 2.45) is 58.2 Å². The number of hydrogen-bond acceptors (Lipinski definition) is 6. The molecule has 0 aromatic carbocycles. The third kappa shape index (κ3) is 4.38. The fourth-order valence-corrected chi connectivity index (χ4v) is 9.60. The number of ether oxygens (including phenoxy) is 1. The summed E-state index contributed by atoms with van der Waals surface area (Å²) in [5.74, 6) is 1.01. The van der Waals surface area contributed by atoms with Crippen molar-refractivity contribution >= 4 is 5.97 Å². The molecule has 3 aliphatic carbocycles. The summed E-state index contributed by atoms with van der Waals surface area (Å²) in [5, 5.41) is 43.2. The summed E-state index contributed by atoms with van der Waals surface area (Å²) in [4.78, 5) is 13.0. The van der Waals surface area contributed by atoms with Gasteiger partial charge in [0.15, 0.2) is 0 Å². The Morgan fingerprint density at radius 3 is 2.26 bits per heavy atom. The number of cyclic esters (lactones) is 1. The molecule has 13 atom stereocenters. The van der Waals surface area contributed by atoms with Crippen LogP contribution in [-0.2, 0) is 9.53 Å². The van der Waals surface area contributed by atoms with Crippen LogP contribution < -0.4 is 0 Å². The summed E-state index contributed by atoms with van der Waals surface area (Å²) in [6, 6.07) is 0. The molecule has 4 rings (SSSR count). The standard InChI is InChI=1S/C29H50O6/c1-7-17(15(2)3)26(33)25(32)16(4)19-8-9-20-18-14-35-27(34)22-12-23(30)24(31)13-29(22,6)21(18)10-11-28(19,20)5/h15-26,30-33H,7-14H2,1-6H3/t16-,17+,18?,19?,20?,21+,22-,23+,24-,25+,26+,28-,29-/m1/s1. The van der Waals surface area contributed by atoms with Gasteiger partial charge in [0.25, 0.3) is 0 Å². The second kappa shape index (κ2) is 9.89. The van der Waals surface area contributed by atoms with Gasteiger partial charge in [-0.05, 0) is 90.8 Å². The smallest absolute Gasteiger partial charge is 0.309 e. The summed E-state index contributed by atoms with van der Waals surface area (Å²) in [5.41, 5.74) is -0.348. The maximum atomic E-state index is 13.0. The van der Waals surface area contributed by atoms with Crippen molar-refractivity contribution in [3.05, 3.63) is 0 Å². The van der Waals surface area contributed by atoms with Crippen molar-refractivity contribution in [3.63, 3.8) is 0 Å². The number of rotatable bonds is 6. The van der Waals surface area contributed by atoms with Crippen LogP contribution in [0.5, 0.6) is 0 Å². The van der Waals surface area contributed by atoms with Gasteiger partial charge in [0.2, 0.25) is 0 Å². The normalized spacial score (nSPS) is 47.1. The van der Waals surface area contributed by atoms with E-state index in [-0.39, 0.29) is 52.8 Å². The van der Waals surface area contributed by atoms with E-state index in [2.05, 4.69) is 41.5 Å². The van der Waals surface area contributed by atoms with Gasteiger partial charge in [0, 0.05) is 0 Å². The van der Waals surface area contributed by atoms with Gasteiger partial charge in [-0.15, -0.1) is 0 Å². The largest absolute Gasteiger partial charge is 0.465 e. The number of fused-ring (bicyclic) bond motifs is 5. The topological polar surface area (TPSA) is 107 Å². The molecule has 6 heteroatoms. The summed E-state index contributed by atoms with van der Waals surface area (Å²) in [6.07, 6.45) is 2.49. The molecule has 1 saturated heterocycles. The number of aliphatic hydroxyl groups is 4. The van der Waals surface area contributed by atoms with Crippen molar-refractivity contribution < 1.29 is 30.0 Å². The summed E-state index contributed by atoms with van der Waals surface area (Å²) >= 11 is 0. The SMILES string of the molecule is CC[C@@H](C(C)C)[C@H](O)[C@@H](O)[C@H](C)C1CCC2C3COC(=O)[C@H]4C[C@H](O)[C@H](O)C[C@]4(C)[C@H]3CC[C@@]21C. The lowest BCUT2D eigenvalue weighted by atomic mass is 9.48. The van der Waals surface area contributed by atoms with E-state index in [1.54, 1.807) is 0 Å². The van der Waals surface area contributed by atoms with Gasteiger partial charge in [-0.1, -0.05) is 48.0 Å². The van der Waals surface area contributed by atoms with Gasteiger partial charge in [-0.25, -0.2) is 0 Å². The van der Waals surface area contributed by atoms with Crippen molar-refractivity contribution in [2.45, 2.75) is 111 Å². The Balaban J connectivity index is 1.57. The van der Waals surface area contributed by atoms with Crippen molar-refractivity contribution in [3.8, 4) is 0 Å². The van der Waals surface area contributed by atoms with Crippen LogP contribution in [0.25, 0.3) is 0 Å². The van der Waals surface area contributed by atoms with Gasteiger partial charge in [0.1, 0.15) is 0 Å². The molecule has 4 fully saturated rings. The molecule has 0 radical (unpaired) electrons. The first kappa shape index (κ1) is 27.3. The number of aliphatic hydroxyl groups excluding tert-OH is 4. The van der Waals surface area contributed by atoms with E-state index in [1.807, 2.05) is 0 Å². The lowest BCUT2D eigenvalue weighted by molar-refractivity contribution is -0.162. The first-order chi connectivity index (χ1) is 16.4. The van der Waals surface area contributed by atoms with E-state index >= 15 is 0 Å². The van der Waals surface area contributed by atoms with Crippen molar-refractivity contribution in [2.75, 3.05) is 6.61 Å². The first-order valence-corrected chi connectivity index (χ1v) is 14.3. The second-order valence-corrected chi connectivity index (χ2v) is 13.5. The van der Waals surface area contributed by atoms with E-state index in [9.17, 15) is 25.2 Å². The predicted octanol–water partition coefficient (Wildman–Crippen LogP) is 3.78. The minimum absolute atomic E-state index is 0.00679.